The molecule has 0 radical (unpaired) electrons. The van der Waals surface area contributed by atoms with Crippen LogP contribution in [-0.2, 0) is 17.5 Å². The molecule has 0 aliphatic carbocycles. The number of hydrogen-bond acceptors (Lipinski definition) is 4. The smallest absolute Gasteiger partial charge is 0.376 e. The van der Waals surface area contributed by atoms with Gasteiger partial charge in [-0.3, -0.25) is 4.79 Å². The molecule has 0 fully saturated rings. The summed E-state index contributed by atoms with van der Waals surface area (Å²) in [5.41, 5.74) is 3.47. The zero-order valence-electron chi connectivity index (χ0n) is 17.1. The number of aromatic nitrogens is 2. The van der Waals surface area contributed by atoms with E-state index in [4.69, 9.17) is 34.8 Å². The van der Waals surface area contributed by atoms with Gasteiger partial charge in [-0.25, -0.2) is 10.1 Å². The van der Waals surface area contributed by atoms with Crippen molar-refractivity contribution in [1.29, 1.82) is 0 Å². The zero-order valence-corrected chi connectivity index (χ0v) is 19.3. The molecule has 0 unspecified atom stereocenters. The zero-order chi connectivity index (χ0) is 24.2. The standard InChI is InChI=1S/C21H17Cl3F3N5O/c1-12-17(20(24)32(31-12)11-13-5-6-15(22)8-18(13)23)9-29-30-19(33)10-28-16-4-2-3-14(7-16)21(25,26)27/h2-9,28H,10-11H2,1H3,(H,30,33)/b29-9+. The van der Waals surface area contributed by atoms with Crippen LogP contribution in [0.2, 0.25) is 15.2 Å². The van der Waals surface area contributed by atoms with Gasteiger partial charge in [-0.05, 0) is 42.8 Å². The van der Waals surface area contributed by atoms with Crippen LogP contribution in [0.4, 0.5) is 18.9 Å². The molecule has 2 N–H and O–H groups in total. The third-order valence-electron chi connectivity index (χ3n) is 4.47. The monoisotopic (exact) mass is 517 g/mol. The highest BCUT2D eigenvalue weighted by molar-refractivity contribution is 6.35. The third kappa shape index (κ3) is 6.63. The Hall–Kier alpha value is -2.75. The Morgan fingerprint density at radius 2 is 1.94 bits per heavy atom. The van der Waals surface area contributed by atoms with Crippen LogP contribution >= 0.6 is 34.8 Å². The first-order valence-corrected chi connectivity index (χ1v) is 10.6. The summed E-state index contributed by atoms with van der Waals surface area (Å²) in [6, 6.07) is 9.64. The van der Waals surface area contributed by atoms with Crippen LogP contribution < -0.4 is 10.7 Å². The van der Waals surface area contributed by atoms with Crippen LogP contribution in [0.5, 0.6) is 0 Å². The quantitative estimate of drug-likeness (QED) is 0.308. The van der Waals surface area contributed by atoms with E-state index in [1.165, 1.54) is 23.0 Å². The molecule has 1 aromatic heterocycles. The number of carbonyl (C=O) groups is 1. The summed E-state index contributed by atoms with van der Waals surface area (Å²) in [6.45, 7) is 1.75. The number of aryl methyl sites for hydroxylation is 1. The predicted molar refractivity (Wildman–Crippen MR) is 123 cm³/mol. The van der Waals surface area contributed by atoms with Crippen LogP contribution in [0.1, 0.15) is 22.4 Å². The van der Waals surface area contributed by atoms with Crippen LogP contribution in [0.15, 0.2) is 47.6 Å². The Kier molecular flexibility index (Phi) is 7.88. The molecule has 0 saturated carbocycles. The van der Waals surface area contributed by atoms with Crippen LogP contribution in [0.3, 0.4) is 0 Å². The minimum atomic E-state index is -4.47. The number of amides is 1. The van der Waals surface area contributed by atoms with Crippen molar-refractivity contribution in [2.45, 2.75) is 19.6 Å². The van der Waals surface area contributed by atoms with E-state index >= 15 is 0 Å². The summed E-state index contributed by atoms with van der Waals surface area (Å²) in [4.78, 5) is 12.0. The lowest BCUT2D eigenvalue weighted by Crippen LogP contribution is -2.26. The number of nitrogens with one attached hydrogen (secondary N) is 2. The van der Waals surface area contributed by atoms with Gasteiger partial charge in [0, 0.05) is 15.7 Å². The molecule has 0 bridgehead atoms. The molecule has 1 heterocycles. The number of benzene rings is 2. The van der Waals surface area contributed by atoms with E-state index in [1.807, 2.05) is 0 Å². The Labute approximate surface area is 202 Å². The number of hydrazone groups is 1. The minimum Gasteiger partial charge on any atom is -0.376 e. The first-order valence-electron chi connectivity index (χ1n) is 9.44. The Balaban J connectivity index is 1.59. The molecule has 174 valence electrons. The van der Waals surface area contributed by atoms with Gasteiger partial charge in [0.25, 0.3) is 5.91 Å². The second-order valence-electron chi connectivity index (χ2n) is 6.91. The third-order valence-corrected chi connectivity index (χ3v) is 5.46. The van der Waals surface area contributed by atoms with Crippen molar-refractivity contribution in [2.24, 2.45) is 5.10 Å². The SMILES string of the molecule is Cc1nn(Cc2ccc(Cl)cc2Cl)c(Cl)c1/C=N/NC(=O)CNc1cccc(C(F)(F)F)c1. The van der Waals surface area contributed by atoms with E-state index in [1.54, 1.807) is 25.1 Å². The van der Waals surface area contributed by atoms with E-state index in [-0.39, 0.29) is 12.2 Å². The van der Waals surface area contributed by atoms with E-state index in [0.717, 1.165) is 17.7 Å². The van der Waals surface area contributed by atoms with Gasteiger partial charge in [0.1, 0.15) is 5.15 Å². The van der Waals surface area contributed by atoms with Crippen molar-refractivity contribution < 1.29 is 18.0 Å². The molecule has 1 amide bonds. The fourth-order valence-corrected chi connectivity index (χ4v) is 3.58. The number of anilines is 1. The average molecular weight is 519 g/mol. The van der Waals surface area contributed by atoms with Gasteiger partial charge in [0.05, 0.1) is 36.1 Å². The number of rotatable bonds is 7. The van der Waals surface area contributed by atoms with E-state index < -0.39 is 17.6 Å². The van der Waals surface area contributed by atoms with Gasteiger partial charge in [0.15, 0.2) is 0 Å². The first kappa shape index (κ1) is 24.9. The lowest BCUT2D eigenvalue weighted by molar-refractivity contribution is -0.137. The average Bonchev–Trinajstić information content (AvgIpc) is 3.01. The van der Waals surface area contributed by atoms with Gasteiger partial charge < -0.3 is 5.32 Å². The van der Waals surface area contributed by atoms with Crippen molar-refractivity contribution in [3.05, 3.63) is 80.0 Å². The minimum absolute atomic E-state index is 0.157. The van der Waals surface area contributed by atoms with Gasteiger partial charge in [-0.2, -0.15) is 23.4 Å². The number of carbonyl (C=O) groups excluding carboxylic acids is 1. The van der Waals surface area contributed by atoms with Gasteiger partial charge in [-0.1, -0.05) is 46.9 Å². The van der Waals surface area contributed by atoms with Crippen molar-refractivity contribution in [1.82, 2.24) is 15.2 Å². The second kappa shape index (κ2) is 10.5. The van der Waals surface area contributed by atoms with Crippen LogP contribution in [0, 0.1) is 6.92 Å². The Morgan fingerprint density at radius 1 is 1.18 bits per heavy atom. The highest BCUT2D eigenvalue weighted by Gasteiger charge is 2.30. The van der Waals surface area contributed by atoms with Crippen LogP contribution in [0.25, 0.3) is 0 Å². The topological polar surface area (TPSA) is 71.3 Å². The number of alkyl halides is 3. The van der Waals surface area contributed by atoms with Crippen molar-refractivity contribution in [3.8, 4) is 0 Å². The molecule has 2 aromatic carbocycles. The highest BCUT2D eigenvalue weighted by atomic mass is 35.5. The molecule has 6 nitrogen and oxygen atoms in total. The predicted octanol–water partition coefficient (Wildman–Crippen LogP) is 5.78. The Morgan fingerprint density at radius 3 is 2.64 bits per heavy atom. The second-order valence-corrected chi connectivity index (χ2v) is 8.11. The highest BCUT2D eigenvalue weighted by Crippen LogP contribution is 2.30. The molecule has 0 spiro atoms. The molecule has 0 saturated heterocycles. The molecule has 3 aromatic rings. The van der Waals surface area contributed by atoms with Crippen LogP contribution in [-0.4, -0.2) is 28.4 Å². The fourth-order valence-electron chi connectivity index (χ4n) is 2.83. The maximum atomic E-state index is 12.8. The summed E-state index contributed by atoms with van der Waals surface area (Å²) in [7, 11) is 0. The van der Waals surface area contributed by atoms with Gasteiger partial charge >= 0.3 is 6.18 Å². The van der Waals surface area contributed by atoms with Crippen molar-refractivity contribution in [3.63, 3.8) is 0 Å². The Bertz CT molecular complexity index is 1190. The number of nitrogens with zero attached hydrogens (tertiary/aromatic N) is 3. The van der Waals surface area contributed by atoms with Gasteiger partial charge in [-0.15, -0.1) is 0 Å². The molecule has 0 aliphatic heterocycles. The molecule has 12 heteroatoms. The molecule has 33 heavy (non-hydrogen) atoms. The lowest BCUT2D eigenvalue weighted by atomic mass is 10.2. The molecular formula is C21H17Cl3F3N5O. The first-order chi connectivity index (χ1) is 15.5. The van der Waals surface area contributed by atoms with E-state index in [0.29, 0.717) is 33.0 Å². The van der Waals surface area contributed by atoms with E-state index in [9.17, 15) is 18.0 Å². The summed E-state index contributed by atoms with van der Waals surface area (Å²) in [5, 5.41) is 12.1. The molecular weight excluding hydrogens is 502 g/mol. The molecule has 3 rings (SSSR count). The molecule has 0 atom stereocenters. The van der Waals surface area contributed by atoms with E-state index in [2.05, 4.69) is 20.9 Å². The normalized spacial score (nSPS) is 11.7. The largest absolute Gasteiger partial charge is 0.416 e. The lowest BCUT2D eigenvalue weighted by Gasteiger charge is -2.10. The fraction of sp³-hybridized carbons (Fsp3) is 0.190. The summed E-state index contributed by atoms with van der Waals surface area (Å²) in [6.07, 6.45) is -3.13. The summed E-state index contributed by atoms with van der Waals surface area (Å²) in [5.74, 6) is -0.558. The maximum Gasteiger partial charge on any atom is 0.416 e. The van der Waals surface area contributed by atoms with Crippen molar-refractivity contribution in [2.75, 3.05) is 11.9 Å². The summed E-state index contributed by atoms with van der Waals surface area (Å²) < 4.78 is 39.8. The van der Waals surface area contributed by atoms with Gasteiger partial charge in [0.2, 0.25) is 0 Å². The summed E-state index contributed by atoms with van der Waals surface area (Å²) >= 11 is 18.5. The van der Waals surface area contributed by atoms with Crippen molar-refractivity contribution >= 4 is 52.6 Å². The maximum absolute atomic E-state index is 12.8. The molecule has 0 aliphatic rings. The number of hydrogen-bond donors (Lipinski definition) is 2. The number of halogens is 6.